The van der Waals surface area contributed by atoms with Crippen LogP contribution in [0.5, 0.6) is 0 Å². The first-order valence-electron chi connectivity index (χ1n) is 6.83. The van der Waals surface area contributed by atoms with Crippen molar-refractivity contribution in [2.45, 2.75) is 13.5 Å². The topological polar surface area (TPSA) is 39.8 Å². The van der Waals surface area contributed by atoms with Gasteiger partial charge >= 0.3 is 12.2 Å². The first kappa shape index (κ1) is 18.2. The van der Waals surface area contributed by atoms with Crippen LogP contribution < -0.4 is 5.69 Å². The molecule has 3 aromatic rings. The molecule has 8 heteroatoms. The van der Waals surface area contributed by atoms with E-state index < -0.39 is 12.2 Å². The molecular weight excluding hydrogens is 359 g/mol. The molecule has 0 aliphatic heterocycles. The van der Waals surface area contributed by atoms with Crippen molar-refractivity contribution in [2.24, 2.45) is 0 Å². The van der Waals surface area contributed by atoms with Gasteiger partial charge in [0, 0.05) is 5.02 Å². The van der Waals surface area contributed by atoms with Crippen molar-refractivity contribution in [3.05, 3.63) is 81.0 Å². The van der Waals surface area contributed by atoms with Crippen LogP contribution in [0.3, 0.4) is 0 Å². The highest BCUT2D eigenvalue weighted by Gasteiger charge is 2.19. The van der Waals surface area contributed by atoms with Crippen molar-refractivity contribution in [2.75, 3.05) is 0 Å². The van der Waals surface area contributed by atoms with Crippen LogP contribution in [0.25, 0.3) is 5.69 Å². The molecule has 0 saturated heterocycles. The van der Waals surface area contributed by atoms with E-state index in [1.165, 1.54) is 25.1 Å². The fourth-order valence-electron chi connectivity index (χ4n) is 1.90. The van der Waals surface area contributed by atoms with Gasteiger partial charge in [0.2, 0.25) is 0 Å². The van der Waals surface area contributed by atoms with Crippen LogP contribution in [0.1, 0.15) is 12.4 Å². The minimum absolute atomic E-state index is 0.0963. The molecule has 1 aromatic heterocycles. The number of hydrogen-bond acceptors (Lipinski definition) is 2. The Kier molecular flexibility index (Phi) is 6.11. The van der Waals surface area contributed by atoms with Gasteiger partial charge in [0.1, 0.15) is 5.82 Å². The summed E-state index contributed by atoms with van der Waals surface area (Å²) in [6, 6.07) is 16.3. The molecule has 0 amide bonds. The van der Waals surface area contributed by atoms with Gasteiger partial charge in [-0.1, -0.05) is 59.6 Å². The summed E-state index contributed by atoms with van der Waals surface area (Å²) in [7, 11) is 0. The predicted molar refractivity (Wildman–Crippen MR) is 90.3 cm³/mol. The van der Waals surface area contributed by atoms with E-state index in [1.807, 2.05) is 36.4 Å². The largest absolute Gasteiger partial charge is 0.355 e. The summed E-state index contributed by atoms with van der Waals surface area (Å²) in [6.45, 7) is -1.63. The van der Waals surface area contributed by atoms with Gasteiger partial charge in [0.15, 0.2) is 0 Å². The molecule has 126 valence electrons. The maximum Gasteiger partial charge on any atom is 0.355 e. The average molecular weight is 372 g/mol. The number of halogens is 4. The molecule has 0 aliphatic rings. The second-order valence-corrected chi connectivity index (χ2v) is 5.48. The molecule has 0 saturated carbocycles. The van der Waals surface area contributed by atoms with E-state index in [0.717, 1.165) is 4.68 Å². The van der Waals surface area contributed by atoms with E-state index in [4.69, 9.17) is 23.2 Å². The maximum absolute atomic E-state index is 12.6. The lowest BCUT2D eigenvalue weighted by atomic mass is 10.3. The Hall–Kier alpha value is -2.18. The van der Waals surface area contributed by atoms with Gasteiger partial charge in [-0.3, -0.25) is 0 Å². The Morgan fingerprint density at radius 1 is 1.04 bits per heavy atom. The normalized spacial score (nSPS) is 10.4. The zero-order valence-electron chi connectivity index (χ0n) is 12.5. The molecule has 0 atom stereocenters. The van der Waals surface area contributed by atoms with Gasteiger partial charge in [-0.25, -0.2) is 9.36 Å². The minimum Gasteiger partial charge on any atom is -0.245 e. The van der Waals surface area contributed by atoms with E-state index in [0.29, 0.717) is 5.02 Å². The van der Waals surface area contributed by atoms with Gasteiger partial charge in [-0.05, 0) is 25.1 Å². The highest BCUT2D eigenvalue weighted by atomic mass is 35.5. The Bertz CT molecular complexity index is 837. The fraction of sp³-hybridized carbons (Fsp3) is 0.125. The van der Waals surface area contributed by atoms with Gasteiger partial charge in [0.05, 0.1) is 10.7 Å². The van der Waals surface area contributed by atoms with Crippen LogP contribution in [-0.4, -0.2) is 14.3 Å². The molecule has 0 aliphatic carbocycles. The van der Waals surface area contributed by atoms with E-state index in [2.05, 4.69) is 5.10 Å². The smallest absolute Gasteiger partial charge is 0.245 e. The zero-order chi connectivity index (χ0) is 17.7. The van der Waals surface area contributed by atoms with Gasteiger partial charge < -0.3 is 0 Å². The third-order valence-corrected chi connectivity index (χ3v) is 3.52. The first-order valence-corrected chi connectivity index (χ1v) is 7.59. The van der Waals surface area contributed by atoms with Crippen molar-refractivity contribution in [3.8, 4) is 5.69 Å². The molecule has 0 N–H and O–H groups in total. The number of benzene rings is 2. The standard InChI is InChI=1S/C10H7Cl2F2N3O.C6H6/c1-5-15-17(10(18)16(5)9(13)14)8-3-2-6(11)4-7(8)12;1-2-4-6-5-3-1/h2-4,9H,1H3;1-6H. The van der Waals surface area contributed by atoms with Crippen LogP contribution in [0, 0.1) is 6.92 Å². The van der Waals surface area contributed by atoms with E-state index in [-0.39, 0.29) is 21.1 Å². The summed E-state index contributed by atoms with van der Waals surface area (Å²) in [4.78, 5) is 11.8. The van der Waals surface area contributed by atoms with Crippen molar-refractivity contribution in [1.82, 2.24) is 14.3 Å². The molecule has 0 radical (unpaired) electrons. The summed E-state index contributed by atoms with van der Waals surface area (Å²) in [5, 5.41) is 4.28. The lowest BCUT2D eigenvalue weighted by molar-refractivity contribution is 0.0640. The monoisotopic (exact) mass is 371 g/mol. The Morgan fingerprint density at radius 2 is 1.58 bits per heavy atom. The second kappa shape index (κ2) is 8.08. The van der Waals surface area contributed by atoms with E-state index in [1.54, 1.807) is 0 Å². The number of hydrogen-bond donors (Lipinski definition) is 0. The van der Waals surface area contributed by atoms with Crippen molar-refractivity contribution < 1.29 is 8.78 Å². The van der Waals surface area contributed by atoms with Gasteiger partial charge in [-0.2, -0.15) is 13.5 Å². The lowest BCUT2D eigenvalue weighted by Gasteiger charge is -2.02. The number of alkyl halides is 2. The van der Waals surface area contributed by atoms with E-state index in [9.17, 15) is 13.6 Å². The van der Waals surface area contributed by atoms with Crippen LogP contribution in [-0.2, 0) is 0 Å². The molecule has 0 unspecified atom stereocenters. The Morgan fingerprint density at radius 3 is 2.00 bits per heavy atom. The van der Waals surface area contributed by atoms with Gasteiger partial charge in [-0.15, -0.1) is 5.10 Å². The summed E-state index contributed by atoms with van der Waals surface area (Å²) in [5.74, 6) is -0.0963. The molecule has 0 bridgehead atoms. The maximum atomic E-state index is 12.6. The third-order valence-electron chi connectivity index (χ3n) is 2.98. The average Bonchev–Trinajstić information content (AvgIpc) is 2.84. The molecular formula is C16H13Cl2F2N3O. The van der Waals surface area contributed by atoms with Crippen molar-refractivity contribution >= 4 is 23.2 Å². The summed E-state index contributed by atoms with van der Waals surface area (Å²) >= 11 is 11.6. The molecule has 24 heavy (non-hydrogen) atoms. The fourth-order valence-corrected chi connectivity index (χ4v) is 2.38. The second-order valence-electron chi connectivity index (χ2n) is 4.64. The highest BCUT2D eigenvalue weighted by molar-refractivity contribution is 6.35. The summed E-state index contributed by atoms with van der Waals surface area (Å²) < 4.78 is 26.4. The first-order chi connectivity index (χ1) is 11.4. The molecule has 4 nitrogen and oxygen atoms in total. The van der Waals surface area contributed by atoms with Gasteiger partial charge in [0.25, 0.3) is 0 Å². The molecule has 2 aromatic carbocycles. The molecule has 1 heterocycles. The lowest BCUT2D eigenvalue weighted by Crippen LogP contribution is -2.24. The number of rotatable bonds is 2. The van der Waals surface area contributed by atoms with Crippen molar-refractivity contribution in [1.29, 1.82) is 0 Å². The van der Waals surface area contributed by atoms with Crippen LogP contribution in [0.2, 0.25) is 10.0 Å². The van der Waals surface area contributed by atoms with E-state index >= 15 is 0 Å². The number of aryl methyl sites for hydroxylation is 1. The molecule has 0 spiro atoms. The summed E-state index contributed by atoms with van der Waals surface area (Å²) in [6.07, 6.45) is 0. The Balaban J connectivity index is 0.000000292. The quantitative estimate of drug-likeness (QED) is 0.653. The van der Waals surface area contributed by atoms with Crippen LogP contribution >= 0.6 is 23.2 Å². The van der Waals surface area contributed by atoms with Crippen molar-refractivity contribution in [3.63, 3.8) is 0 Å². The predicted octanol–water partition coefficient (Wildman–Crippen LogP) is 4.73. The Labute approximate surface area is 146 Å². The van der Waals surface area contributed by atoms with Crippen LogP contribution in [0.4, 0.5) is 8.78 Å². The summed E-state index contributed by atoms with van der Waals surface area (Å²) in [5.41, 5.74) is -0.750. The third kappa shape index (κ3) is 4.21. The SMILES string of the molecule is Cc1nn(-c2ccc(Cl)cc2Cl)c(=O)n1C(F)F.c1ccccc1. The minimum atomic E-state index is -2.95. The van der Waals surface area contributed by atoms with Crippen LogP contribution in [0.15, 0.2) is 59.4 Å². The highest BCUT2D eigenvalue weighted by Crippen LogP contribution is 2.23. The number of aromatic nitrogens is 3. The molecule has 0 fully saturated rings. The molecule has 3 rings (SSSR count). The zero-order valence-corrected chi connectivity index (χ0v) is 14.0. The number of nitrogens with zero attached hydrogens (tertiary/aromatic N) is 3.